The van der Waals surface area contributed by atoms with E-state index in [0.29, 0.717) is 0 Å². The van der Waals surface area contributed by atoms with Crippen LogP contribution in [0.5, 0.6) is 0 Å². The normalized spacial score (nSPS) is 11.9. The Morgan fingerprint density at radius 2 is 0.639 bits per heavy atom. The highest BCUT2D eigenvalue weighted by Crippen LogP contribution is 2.37. The number of fused-ring (bicyclic) bond motifs is 2. The number of hydrogen-bond acceptors (Lipinski definition) is 4. The zero-order chi connectivity index (χ0) is 26.4. The summed E-state index contributed by atoms with van der Waals surface area (Å²) in [6.45, 7) is 26.1. The maximum Gasteiger partial charge on any atom is 0.117 e. The van der Waals surface area contributed by atoms with Crippen LogP contribution < -0.4 is 0 Å². The summed E-state index contributed by atoms with van der Waals surface area (Å²) in [5.41, 5.74) is 21.0. The van der Waals surface area contributed by atoms with Crippen molar-refractivity contribution in [3.05, 3.63) is 66.8 Å². The molecule has 5 rings (SSSR count). The van der Waals surface area contributed by atoms with Crippen LogP contribution in [0.2, 0.25) is 0 Å². The fourth-order valence-corrected chi connectivity index (χ4v) is 5.84. The van der Waals surface area contributed by atoms with Crippen LogP contribution >= 0.6 is 0 Å². The van der Waals surface area contributed by atoms with Crippen LogP contribution in [0.4, 0.5) is 0 Å². The molecule has 0 unspecified atom stereocenters. The molecule has 3 aromatic carbocycles. The Hall–Kier alpha value is -3.54. The molecule has 0 amide bonds. The van der Waals surface area contributed by atoms with Gasteiger partial charge >= 0.3 is 0 Å². The predicted molar refractivity (Wildman–Crippen MR) is 148 cm³/mol. The average molecular weight is 481 g/mol. The molecule has 0 aliphatic rings. The molecule has 2 aromatic heterocycles. The van der Waals surface area contributed by atoms with E-state index in [9.17, 15) is 0 Å². The molecule has 6 heteroatoms. The van der Waals surface area contributed by atoms with E-state index in [-0.39, 0.29) is 0 Å². The highest BCUT2D eigenvalue weighted by molar-refractivity contribution is 5.88. The molecule has 0 aliphatic carbocycles. The molecule has 0 radical (unpaired) electrons. The lowest BCUT2D eigenvalue weighted by molar-refractivity contribution is 0.786. The van der Waals surface area contributed by atoms with Gasteiger partial charge in [-0.05, 0) is 144 Å². The number of hydrogen-bond donors (Lipinski definition) is 0. The lowest BCUT2D eigenvalue weighted by Crippen LogP contribution is -2.13. The molecule has 6 nitrogen and oxygen atoms in total. The van der Waals surface area contributed by atoms with Crippen molar-refractivity contribution in [2.24, 2.45) is 0 Å². The number of rotatable bonds is 2. The van der Waals surface area contributed by atoms with Gasteiger partial charge in [0.05, 0.1) is 22.4 Å². The first-order valence-corrected chi connectivity index (χ1v) is 12.6. The third kappa shape index (κ3) is 2.96. The molecule has 186 valence electrons. The van der Waals surface area contributed by atoms with E-state index in [4.69, 9.17) is 10.4 Å². The fraction of sp³-hybridized carbons (Fsp3) is 0.400. The first-order chi connectivity index (χ1) is 16.9. The minimum Gasteiger partial charge on any atom is -0.212 e. The van der Waals surface area contributed by atoms with Gasteiger partial charge in [0.1, 0.15) is 11.0 Å². The van der Waals surface area contributed by atoms with E-state index in [1.807, 2.05) is 0 Å². The van der Waals surface area contributed by atoms with Gasteiger partial charge in [0.15, 0.2) is 0 Å². The maximum absolute atomic E-state index is 4.73. The third-order valence-electron chi connectivity index (χ3n) is 9.11. The Labute approximate surface area is 213 Å². The Kier molecular flexibility index (Phi) is 5.36. The number of aromatic nitrogens is 6. The third-order valence-corrected chi connectivity index (χ3v) is 9.11. The summed E-state index contributed by atoms with van der Waals surface area (Å²) in [6.07, 6.45) is 0. The van der Waals surface area contributed by atoms with Crippen molar-refractivity contribution in [1.29, 1.82) is 0 Å². The van der Waals surface area contributed by atoms with Crippen molar-refractivity contribution in [3.63, 3.8) is 0 Å². The fourth-order valence-electron chi connectivity index (χ4n) is 5.84. The van der Waals surface area contributed by atoms with Crippen LogP contribution in [0.25, 0.3) is 33.4 Å². The predicted octanol–water partition coefficient (Wildman–Crippen LogP) is 6.86. The van der Waals surface area contributed by atoms with Crippen molar-refractivity contribution < 1.29 is 0 Å². The second-order valence-corrected chi connectivity index (χ2v) is 10.6. The van der Waals surface area contributed by atoms with Crippen LogP contribution in [0.3, 0.4) is 0 Å². The van der Waals surface area contributed by atoms with Gasteiger partial charge in [0.2, 0.25) is 0 Å². The topological polar surface area (TPSA) is 61.4 Å². The van der Waals surface area contributed by atoms with Gasteiger partial charge in [-0.15, -0.1) is 10.2 Å². The average Bonchev–Trinajstić information content (AvgIpc) is 3.48. The van der Waals surface area contributed by atoms with Crippen molar-refractivity contribution >= 4 is 22.1 Å². The van der Waals surface area contributed by atoms with E-state index >= 15 is 0 Å². The van der Waals surface area contributed by atoms with Crippen LogP contribution in [0.15, 0.2) is 0 Å². The zero-order valence-electron chi connectivity index (χ0n) is 23.7. The molecule has 0 fully saturated rings. The Balaban J connectivity index is 1.92. The van der Waals surface area contributed by atoms with Crippen molar-refractivity contribution in [3.8, 4) is 11.4 Å². The summed E-state index contributed by atoms with van der Waals surface area (Å²) in [4.78, 5) is 0. The molecule has 2 heterocycles. The second kappa shape index (κ2) is 7.99. The minimum absolute atomic E-state index is 0.970. The van der Waals surface area contributed by atoms with E-state index in [1.54, 1.807) is 0 Å². The molecule has 0 saturated carbocycles. The minimum atomic E-state index is 0.970. The van der Waals surface area contributed by atoms with E-state index in [0.717, 1.165) is 39.0 Å². The van der Waals surface area contributed by atoms with E-state index in [2.05, 4.69) is 103 Å². The summed E-state index contributed by atoms with van der Waals surface area (Å²) >= 11 is 0. The van der Waals surface area contributed by atoms with Gasteiger partial charge < -0.3 is 0 Å². The summed E-state index contributed by atoms with van der Waals surface area (Å²) in [5.74, 6) is 0. The lowest BCUT2D eigenvalue weighted by Gasteiger charge is -2.22. The molecule has 36 heavy (non-hydrogen) atoms. The molecule has 0 atom stereocenters. The molecular weight excluding hydrogens is 444 g/mol. The second-order valence-electron chi connectivity index (χ2n) is 10.6. The number of nitrogens with zero attached hydrogens (tertiary/aromatic N) is 6. The Morgan fingerprint density at radius 1 is 0.333 bits per heavy atom. The largest absolute Gasteiger partial charge is 0.212 e. The van der Waals surface area contributed by atoms with Gasteiger partial charge in [-0.1, -0.05) is 10.4 Å². The number of benzene rings is 3. The lowest BCUT2D eigenvalue weighted by atomic mass is 9.93. The summed E-state index contributed by atoms with van der Waals surface area (Å²) in [5, 5.41) is 18.8. The van der Waals surface area contributed by atoms with Gasteiger partial charge in [0, 0.05) is 5.56 Å². The molecule has 0 bridgehead atoms. The van der Waals surface area contributed by atoms with Crippen molar-refractivity contribution in [1.82, 2.24) is 30.0 Å². The maximum atomic E-state index is 4.73. The molecule has 0 N–H and O–H groups in total. The van der Waals surface area contributed by atoms with Crippen LogP contribution in [-0.4, -0.2) is 30.0 Å². The number of aryl methyl sites for hydroxylation is 4. The quantitative estimate of drug-likeness (QED) is 0.277. The summed E-state index contributed by atoms with van der Waals surface area (Å²) < 4.78 is 4.11. The van der Waals surface area contributed by atoms with Gasteiger partial charge in [-0.2, -0.15) is 0 Å². The van der Waals surface area contributed by atoms with Crippen LogP contribution in [0, 0.1) is 83.1 Å². The molecular formula is C30H36N6. The van der Waals surface area contributed by atoms with Crippen molar-refractivity contribution in [2.45, 2.75) is 83.1 Å². The van der Waals surface area contributed by atoms with Crippen molar-refractivity contribution in [2.75, 3.05) is 0 Å². The Bertz CT molecular complexity index is 1620. The molecule has 0 saturated heterocycles. The Morgan fingerprint density at radius 3 is 1.00 bits per heavy atom. The van der Waals surface area contributed by atoms with E-state index in [1.165, 1.54) is 61.2 Å². The molecule has 5 aromatic rings. The molecule has 0 aliphatic heterocycles. The standard InChI is InChI=1S/C30H36N6/c1-13-15(3)22(10)29-25(18(13)6)31-33-35(29)27-20(8)17(5)21(9)28(24(27)12)36-30-23(11)16(4)14(2)19(7)26(30)32-34-36/h1-12H3. The first kappa shape index (κ1) is 24.2. The molecule has 0 spiro atoms. The van der Waals surface area contributed by atoms with Gasteiger partial charge in [-0.25, -0.2) is 9.36 Å². The summed E-state index contributed by atoms with van der Waals surface area (Å²) in [6, 6.07) is 0. The van der Waals surface area contributed by atoms with Gasteiger partial charge in [-0.3, -0.25) is 0 Å². The highest BCUT2D eigenvalue weighted by Gasteiger charge is 2.25. The highest BCUT2D eigenvalue weighted by atomic mass is 15.4. The summed E-state index contributed by atoms with van der Waals surface area (Å²) in [7, 11) is 0. The van der Waals surface area contributed by atoms with Crippen LogP contribution in [0.1, 0.15) is 66.8 Å². The zero-order valence-corrected chi connectivity index (χ0v) is 23.7. The van der Waals surface area contributed by atoms with Crippen LogP contribution in [-0.2, 0) is 0 Å². The monoisotopic (exact) mass is 480 g/mol. The smallest absolute Gasteiger partial charge is 0.117 e. The SMILES string of the molecule is Cc1c(C)c(-n2nnc3c(C)c(C)c(C)c(C)c32)c(C)c(-n2nnc3c(C)c(C)c(C)c(C)c32)c1C. The first-order valence-electron chi connectivity index (χ1n) is 12.6. The van der Waals surface area contributed by atoms with Gasteiger partial charge in [0.25, 0.3) is 0 Å². The van der Waals surface area contributed by atoms with E-state index < -0.39 is 0 Å².